The Bertz CT molecular complexity index is 323. The topological polar surface area (TPSA) is 29.9 Å². The van der Waals surface area contributed by atoms with Crippen molar-refractivity contribution in [2.75, 3.05) is 5.32 Å². The number of anilines is 1. The van der Waals surface area contributed by atoms with Gasteiger partial charge < -0.3 is 5.32 Å². The van der Waals surface area contributed by atoms with Crippen LogP contribution in [0, 0.1) is 12.8 Å². The molecule has 1 fully saturated rings. The number of aryl methyl sites for hydroxylation is 2. The molecular formula is C13H23N3. The predicted octanol–water partition coefficient (Wildman–Crippen LogP) is 3.11. The van der Waals surface area contributed by atoms with Crippen molar-refractivity contribution < 1.29 is 0 Å². The minimum absolute atomic E-state index is 0.632. The third-order valence-electron chi connectivity index (χ3n) is 3.88. The lowest BCUT2D eigenvalue weighted by Gasteiger charge is -2.31. The summed E-state index contributed by atoms with van der Waals surface area (Å²) in [5.74, 6) is 1.88. The number of nitrogens with zero attached hydrogens (tertiary/aromatic N) is 2. The van der Waals surface area contributed by atoms with Gasteiger partial charge in [-0.15, -0.1) is 0 Å². The average Bonchev–Trinajstić information content (AvgIpc) is 2.59. The highest BCUT2D eigenvalue weighted by molar-refractivity contribution is 5.37. The fourth-order valence-corrected chi connectivity index (χ4v) is 2.71. The molecule has 1 saturated carbocycles. The molecule has 0 radical (unpaired) electrons. The Labute approximate surface area is 98.2 Å². The second kappa shape index (κ2) is 4.89. The molecule has 2 unspecified atom stereocenters. The molecule has 2 atom stereocenters. The van der Waals surface area contributed by atoms with E-state index in [0.29, 0.717) is 6.04 Å². The fourth-order valence-electron chi connectivity index (χ4n) is 2.71. The van der Waals surface area contributed by atoms with Crippen LogP contribution < -0.4 is 5.32 Å². The first-order valence-electron chi connectivity index (χ1n) is 6.48. The van der Waals surface area contributed by atoms with Gasteiger partial charge in [-0.25, -0.2) is 0 Å². The third kappa shape index (κ3) is 2.39. The van der Waals surface area contributed by atoms with Gasteiger partial charge in [0.1, 0.15) is 5.82 Å². The van der Waals surface area contributed by atoms with Gasteiger partial charge in [-0.05, 0) is 25.7 Å². The monoisotopic (exact) mass is 221 g/mol. The van der Waals surface area contributed by atoms with Gasteiger partial charge in [0, 0.05) is 24.8 Å². The minimum atomic E-state index is 0.632. The number of hydrogen-bond acceptors (Lipinski definition) is 2. The molecule has 0 spiro atoms. The molecule has 2 rings (SSSR count). The molecule has 1 aromatic rings. The lowest BCUT2D eigenvalue weighted by molar-refractivity contribution is 0.316. The summed E-state index contributed by atoms with van der Waals surface area (Å²) in [7, 11) is 2.00. The van der Waals surface area contributed by atoms with Gasteiger partial charge in [-0.3, -0.25) is 4.68 Å². The van der Waals surface area contributed by atoms with Crippen LogP contribution in [-0.2, 0) is 7.05 Å². The molecule has 3 nitrogen and oxygen atoms in total. The maximum atomic E-state index is 4.48. The first-order chi connectivity index (χ1) is 7.70. The molecule has 0 saturated heterocycles. The molecule has 3 heteroatoms. The largest absolute Gasteiger partial charge is 0.366 e. The molecule has 1 aliphatic carbocycles. The number of nitrogens with one attached hydrogen (secondary N) is 1. The van der Waals surface area contributed by atoms with E-state index < -0.39 is 0 Å². The van der Waals surface area contributed by atoms with Gasteiger partial charge in [0.2, 0.25) is 0 Å². The molecule has 1 heterocycles. The van der Waals surface area contributed by atoms with Crippen molar-refractivity contribution in [3.05, 3.63) is 11.8 Å². The van der Waals surface area contributed by atoms with Crippen LogP contribution in [0.5, 0.6) is 0 Å². The van der Waals surface area contributed by atoms with Gasteiger partial charge in [-0.1, -0.05) is 26.2 Å². The number of rotatable bonds is 3. The first kappa shape index (κ1) is 11.5. The van der Waals surface area contributed by atoms with Gasteiger partial charge in [0.15, 0.2) is 0 Å². The second-order valence-electron chi connectivity index (χ2n) is 5.00. The molecule has 16 heavy (non-hydrogen) atoms. The maximum Gasteiger partial charge on any atom is 0.148 e. The van der Waals surface area contributed by atoms with Crippen LogP contribution in [0.15, 0.2) is 6.07 Å². The van der Waals surface area contributed by atoms with Crippen LogP contribution in [-0.4, -0.2) is 15.8 Å². The Morgan fingerprint density at radius 1 is 1.44 bits per heavy atom. The predicted molar refractivity (Wildman–Crippen MR) is 67.6 cm³/mol. The smallest absolute Gasteiger partial charge is 0.148 e. The zero-order chi connectivity index (χ0) is 11.5. The Morgan fingerprint density at radius 3 is 2.81 bits per heavy atom. The van der Waals surface area contributed by atoms with Crippen molar-refractivity contribution in [3.8, 4) is 0 Å². The van der Waals surface area contributed by atoms with Gasteiger partial charge >= 0.3 is 0 Å². The molecule has 90 valence electrons. The standard InChI is InChI=1S/C13H23N3/c1-4-11-7-5-6-8-12(11)14-13-9-10(2)16(3)15-13/h9,11-12H,4-8H2,1-3H3,(H,14,15). The average molecular weight is 221 g/mol. The maximum absolute atomic E-state index is 4.48. The fraction of sp³-hybridized carbons (Fsp3) is 0.769. The van der Waals surface area contributed by atoms with E-state index in [-0.39, 0.29) is 0 Å². The molecule has 0 aliphatic heterocycles. The van der Waals surface area contributed by atoms with Crippen LogP contribution in [0.3, 0.4) is 0 Å². The third-order valence-corrected chi connectivity index (χ3v) is 3.88. The molecule has 0 bridgehead atoms. The van der Waals surface area contributed by atoms with Crippen LogP contribution in [0.25, 0.3) is 0 Å². The Morgan fingerprint density at radius 2 is 2.19 bits per heavy atom. The summed E-state index contributed by atoms with van der Waals surface area (Å²) >= 11 is 0. The second-order valence-corrected chi connectivity index (χ2v) is 5.00. The lowest BCUT2D eigenvalue weighted by Crippen LogP contribution is -2.31. The van der Waals surface area contributed by atoms with E-state index >= 15 is 0 Å². The van der Waals surface area contributed by atoms with Gasteiger partial charge in [0.25, 0.3) is 0 Å². The van der Waals surface area contributed by atoms with E-state index in [4.69, 9.17) is 0 Å². The minimum Gasteiger partial charge on any atom is -0.366 e. The Kier molecular flexibility index (Phi) is 3.52. The number of aromatic nitrogens is 2. The normalized spacial score (nSPS) is 25.7. The summed E-state index contributed by atoms with van der Waals surface area (Å²) in [4.78, 5) is 0. The van der Waals surface area contributed by atoms with Crippen molar-refractivity contribution >= 4 is 5.82 Å². The van der Waals surface area contributed by atoms with E-state index in [1.54, 1.807) is 0 Å². The summed E-state index contributed by atoms with van der Waals surface area (Å²) < 4.78 is 1.94. The first-order valence-corrected chi connectivity index (χ1v) is 6.48. The van der Waals surface area contributed by atoms with Crippen LogP contribution in [0.1, 0.15) is 44.7 Å². The summed E-state index contributed by atoms with van der Waals surface area (Å²) in [6.07, 6.45) is 6.72. The Balaban J connectivity index is 2.02. The molecule has 0 aromatic carbocycles. The van der Waals surface area contributed by atoms with Crippen molar-refractivity contribution in [2.45, 2.75) is 52.0 Å². The van der Waals surface area contributed by atoms with Crippen LogP contribution >= 0.6 is 0 Å². The summed E-state index contributed by atoms with van der Waals surface area (Å²) in [6, 6.07) is 2.77. The highest BCUT2D eigenvalue weighted by atomic mass is 15.3. The zero-order valence-corrected chi connectivity index (χ0v) is 10.7. The summed E-state index contributed by atoms with van der Waals surface area (Å²) in [5.41, 5.74) is 1.21. The van der Waals surface area contributed by atoms with E-state index in [1.165, 1.54) is 37.8 Å². The van der Waals surface area contributed by atoms with Crippen molar-refractivity contribution in [1.29, 1.82) is 0 Å². The quantitative estimate of drug-likeness (QED) is 0.850. The Hall–Kier alpha value is -0.990. The van der Waals surface area contributed by atoms with Crippen molar-refractivity contribution in [1.82, 2.24) is 9.78 Å². The van der Waals surface area contributed by atoms with E-state index in [2.05, 4.69) is 30.3 Å². The van der Waals surface area contributed by atoms with Crippen LogP contribution in [0.4, 0.5) is 5.82 Å². The van der Waals surface area contributed by atoms with Crippen molar-refractivity contribution in [3.63, 3.8) is 0 Å². The molecule has 1 aromatic heterocycles. The molecule has 0 amide bonds. The van der Waals surface area contributed by atoms with Crippen molar-refractivity contribution in [2.24, 2.45) is 13.0 Å². The van der Waals surface area contributed by atoms with E-state index in [0.717, 1.165) is 11.7 Å². The molecule has 1 N–H and O–H groups in total. The molecule has 1 aliphatic rings. The van der Waals surface area contributed by atoms with E-state index in [1.807, 2.05) is 11.7 Å². The van der Waals surface area contributed by atoms with E-state index in [9.17, 15) is 0 Å². The van der Waals surface area contributed by atoms with Crippen LogP contribution in [0.2, 0.25) is 0 Å². The van der Waals surface area contributed by atoms with Gasteiger partial charge in [0.05, 0.1) is 0 Å². The zero-order valence-electron chi connectivity index (χ0n) is 10.7. The lowest BCUT2D eigenvalue weighted by atomic mass is 9.83. The summed E-state index contributed by atoms with van der Waals surface area (Å²) in [5, 5.41) is 8.09. The highest BCUT2D eigenvalue weighted by Crippen LogP contribution is 2.29. The summed E-state index contributed by atoms with van der Waals surface area (Å²) in [6.45, 7) is 4.39. The molecular weight excluding hydrogens is 198 g/mol. The highest BCUT2D eigenvalue weighted by Gasteiger charge is 2.23. The number of hydrogen-bond donors (Lipinski definition) is 1. The SMILES string of the molecule is CCC1CCCCC1Nc1cc(C)n(C)n1. The van der Waals surface area contributed by atoms with Gasteiger partial charge in [-0.2, -0.15) is 5.10 Å².